The van der Waals surface area contributed by atoms with Gasteiger partial charge in [0.05, 0.1) is 12.9 Å². The van der Waals surface area contributed by atoms with E-state index in [2.05, 4.69) is 12.2 Å². The van der Waals surface area contributed by atoms with E-state index in [-0.39, 0.29) is 5.91 Å². The van der Waals surface area contributed by atoms with E-state index >= 15 is 0 Å². The number of nitrogens with one attached hydrogen (secondary N) is 1. The number of hydrogen-bond donors (Lipinski definition) is 1. The molecule has 2 aromatic carbocycles. The molecule has 2 rings (SSSR count). The molecule has 0 atom stereocenters. The lowest BCUT2D eigenvalue weighted by Gasteiger charge is -2.06. The molecule has 2 aromatic rings. The Morgan fingerprint density at radius 1 is 1.10 bits per heavy atom. The number of rotatable bonds is 6. The van der Waals surface area contributed by atoms with Gasteiger partial charge in [-0.2, -0.15) is 0 Å². The van der Waals surface area contributed by atoms with Crippen LogP contribution in [0.15, 0.2) is 53.4 Å². The van der Waals surface area contributed by atoms with Gasteiger partial charge in [0.1, 0.15) is 5.75 Å². The van der Waals surface area contributed by atoms with Crippen molar-refractivity contribution in [3.8, 4) is 5.75 Å². The van der Waals surface area contributed by atoms with Gasteiger partial charge < -0.3 is 10.1 Å². The summed E-state index contributed by atoms with van der Waals surface area (Å²) in [6.07, 6.45) is 1.00. The van der Waals surface area contributed by atoms with Crippen molar-refractivity contribution in [3.63, 3.8) is 0 Å². The summed E-state index contributed by atoms with van der Waals surface area (Å²) in [7, 11) is 1.64. The quantitative estimate of drug-likeness (QED) is 0.820. The van der Waals surface area contributed by atoms with Crippen LogP contribution in [0.25, 0.3) is 0 Å². The van der Waals surface area contributed by atoms with Gasteiger partial charge in [0, 0.05) is 10.6 Å². The molecule has 0 unspecified atom stereocenters. The molecule has 1 amide bonds. The van der Waals surface area contributed by atoms with Crippen molar-refractivity contribution >= 4 is 23.4 Å². The predicted molar refractivity (Wildman–Crippen MR) is 88.2 cm³/mol. The van der Waals surface area contributed by atoms with E-state index in [0.29, 0.717) is 5.75 Å². The highest BCUT2D eigenvalue weighted by Gasteiger charge is 2.04. The van der Waals surface area contributed by atoms with E-state index in [0.717, 1.165) is 22.8 Å². The van der Waals surface area contributed by atoms with E-state index in [9.17, 15) is 4.79 Å². The second kappa shape index (κ2) is 7.74. The molecule has 0 aliphatic carbocycles. The van der Waals surface area contributed by atoms with Crippen LogP contribution in [0, 0.1) is 0 Å². The Bertz CT molecular complexity index is 579. The first-order valence-corrected chi connectivity index (χ1v) is 7.85. The molecule has 0 radical (unpaired) electrons. The molecule has 0 aromatic heterocycles. The smallest absolute Gasteiger partial charge is 0.234 e. The van der Waals surface area contributed by atoms with E-state index in [1.807, 2.05) is 48.5 Å². The van der Waals surface area contributed by atoms with Gasteiger partial charge in [0.25, 0.3) is 0 Å². The second-order valence-electron chi connectivity index (χ2n) is 4.56. The highest BCUT2D eigenvalue weighted by Crippen LogP contribution is 2.21. The third kappa shape index (κ3) is 4.83. The van der Waals surface area contributed by atoms with Crippen LogP contribution in [0.4, 0.5) is 5.69 Å². The molecule has 0 heterocycles. The number of hydrogen-bond acceptors (Lipinski definition) is 3. The average molecular weight is 301 g/mol. The predicted octanol–water partition coefficient (Wildman–Crippen LogP) is 3.99. The van der Waals surface area contributed by atoms with E-state index in [1.54, 1.807) is 7.11 Å². The lowest BCUT2D eigenvalue weighted by Crippen LogP contribution is -2.13. The van der Waals surface area contributed by atoms with Crippen molar-refractivity contribution in [1.29, 1.82) is 0 Å². The monoisotopic (exact) mass is 301 g/mol. The molecule has 0 aliphatic heterocycles. The van der Waals surface area contributed by atoms with Gasteiger partial charge >= 0.3 is 0 Å². The fraction of sp³-hybridized carbons (Fsp3) is 0.235. The van der Waals surface area contributed by atoms with Crippen molar-refractivity contribution in [1.82, 2.24) is 0 Å². The first kappa shape index (κ1) is 15.4. The Morgan fingerprint density at radius 2 is 1.76 bits per heavy atom. The number of anilines is 1. The van der Waals surface area contributed by atoms with Crippen molar-refractivity contribution < 1.29 is 9.53 Å². The highest BCUT2D eigenvalue weighted by molar-refractivity contribution is 8.00. The minimum Gasteiger partial charge on any atom is -0.497 e. The van der Waals surface area contributed by atoms with Crippen LogP contribution in [0.1, 0.15) is 12.5 Å². The van der Waals surface area contributed by atoms with Gasteiger partial charge in [-0.1, -0.05) is 19.1 Å². The van der Waals surface area contributed by atoms with Crippen LogP contribution in [-0.4, -0.2) is 18.8 Å². The molecule has 1 N–H and O–H groups in total. The molecule has 0 saturated heterocycles. The Labute approximate surface area is 129 Å². The molecule has 0 fully saturated rings. The summed E-state index contributed by atoms with van der Waals surface area (Å²) in [4.78, 5) is 13.0. The summed E-state index contributed by atoms with van der Waals surface area (Å²) >= 11 is 1.51. The summed E-state index contributed by atoms with van der Waals surface area (Å²) < 4.78 is 5.10. The van der Waals surface area contributed by atoms with Gasteiger partial charge in [-0.3, -0.25) is 4.79 Å². The third-order valence-electron chi connectivity index (χ3n) is 3.08. The Hall–Kier alpha value is -1.94. The van der Waals surface area contributed by atoms with Crippen LogP contribution in [0.3, 0.4) is 0 Å². The Kier molecular flexibility index (Phi) is 5.69. The van der Waals surface area contributed by atoms with Gasteiger partial charge in [0.15, 0.2) is 0 Å². The van der Waals surface area contributed by atoms with Gasteiger partial charge in [-0.15, -0.1) is 11.8 Å². The maximum absolute atomic E-state index is 11.9. The van der Waals surface area contributed by atoms with Crippen LogP contribution in [0.2, 0.25) is 0 Å². The lowest BCUT2D eigenvalue weighted by molar-refractivity contribution is -0.113. The molecule has 4 heteroatoms. The largest absolute Gasteiger partial charge is 0.497 e. The van der Waals surface area contributed by atoms with Gasteiger partial charge in [-0.25, -0.2) is 0 Å². The number of carbonyl (C=O) groups is 1. The van der Waals surface area contributed by atoms with Gasteiger partial charge in [0.2, 0.25) is 5.91 Å². The third-order valence-corrected chi connectivity index (χ3v) is 4.09. The van der Waals surface area contributed by atoms with E-state index in [1.165, 1.54) is 17.3 Å². The Balaban J connectivity index is 1.83. The zero-order valence-electron chi connectivity index (χ0n) is 12.3. The van der Waals surface area contributed by atoms with Gasteiger partial charge in [-0.05, 0) is 48.4 Å². The second-order valence-corrected chi connectivity index (χ2v) is 5.61. The minimum absolute atomic E-state index is 0.0000616. The number of ether oxygens (including phenoxy) is 1. The number of benzene rings is 2. The van der Waals surface area contributed by atoms with E-state index in [4.69, 9.17) is 4.74 Å². The van der Waals surface area contributed by atoms with Crippen molar-refractivity contribution in [2.75, 3.05) is 18.2 Å². The molecule has 110 valence electrons. The molecular formula is C17H19NO2S. The molecular weight excluding hydrogens is 282 g/mol. The number of thioether (sulfide) groups is 1. The molecule has 21 heavy (non-hydrogen) atoms. The van der Waals surface area contributed by atoms with Crippen LogP contribution < -0.4 is 10.1 Å². The topological polar surface area (TPSA) is 38.3 Å². The summed E-state index contributed by atoms with van der Waals surface area (Å²) in [6.45, 7) is 2.11. The van der Waals surface area contributed by atoms with Crippen molar-refractivity contribution in [2.24, 2.45) is 0 Å². The number of methoxy groups -OCH3 is 1. The molecule has 0 spiro atoms. The van der Waals surface area contributed by atoms with Crippen LogP contribution >= 0.6 is 11.8 Å². The standard InChI is InChI=1S/C17H19NO2S/c1-3-13-4-6-14(7-5-13)18-17(19)12-21-16-10-8-15(20-2)9-11-16/h4-11H,3,12H2,1-2H3,(H,18,19). The maximum Gasteiger partial charge on any atom is 0.234 e. The first-order valence-electron chi connectivity index (χ1n) is 6.87. The normalized spacial score (nSPS) is 10.2. The number of amides is 1. The summed E-state index contributed by atoms with van der Waals surface area (Å²) in [6, 6.07) is 15.6. The lowest BCUT2D eigenvalue weighted by atomic mass is 10.1. The fourth-order valence-corrected chi connectivity index (χ4v) is 2.54. The Morgan fingerprint density at radius 3 is 2.33 bits per heavy atom. The maximum atomic E-state index is 11.9. The minimum atomic E-state index is 0.0000616. The van der Waals surface area contributed by atoms with E-state index < -0.39 is 0 Å². The first-order chi connectivity index (χ1) is 10.2. The summed E-state index contributed by atoms with van der Waals surface area (Å²) in [5, 5.41) is 2.90. The fourth-order valence-electron chi connectivity index (χ4n) is 1.84. The molecule has 0 aliphatic rings. The van der Waals surface area contributed by atoms with Crippen molar-refractivity contribution in [3.05, 3.63) is 54.1 Å². The highest BCUT2D eigenvalue weighted by atomic mass is 32.2. The SMILES string of the molecule is CCc1ccc(NC(=O)CSc2ccc(OC)cc2)cc1. The zero-order chi connectivity index (χ0) is 15.1. The number of carbonyl (C=O) groups excluding carboxylic acids is 1. The van der Waals surface area contributed by atoms with Crippen LogP contribution in [0.5, 0.6) is 5.75 Å². The van der Waals surface area contributed by atoms with Crippen LogP contribution in [-0.2, 0) is 11.2 Å². The molecule has 0 saturated carbocycles. The van der Waals surface area contributed by atoms with Crippen molar-refractivity contribution in [2.45, 2.75) is 18.2 Å². The average Bonchev–Trinajstić information content (AvgIpc) is 2.54. The molecule has 0 bridgehead atoms. The summed E-state index contributed by atoms with van der Waals surface area (Å²) in [5.74, 6) is 1.21. The molecule has 3 nitrogen and oxygen atoms in total. The number of aryl methyl sites for hydroxylation is 1. The summed E-state index contributed by atoms with van der Waals surface area (Å²) in [5.41, 5.74) is 2.10. The zero-order valence-corrected chi connectivity index (χ0v) is 13.1.